The first kappa shape index (κ1) is 22.3. The standard InChI is InChI=1S/C28H18N2O4S2/c1-13(31)29-19-11-9-15-5-3-7-17-21(15)25(19)35-27(23(17)33)28-24(34)18-8-4-6-16-10-12-20(30-14(2)32)26(36-28)22(16)18/h3-12H,1-2H3,(H,29,31)(H,30,32)/b28-27-. The van der Waals surface area contributed by atoms with Crippen LogP contribution in [-0.4, -0.2) is 11.8 Å². The van der Waals surface area contributed by atoms with Crippen LogP contribution in [0.2, 0.25) is 0 Å². The van der Waals surface area contributed by atoms with Gasteiger partial charge in [-0.2, -0.15) is 0 Å². The van der Waals surface area contributed by atoms with Gasteiger partial charge in [-0.3, -0.25) is 19.2 Å². The largest absolute Gasteiger partial charge is 0.325 e. The van der Waals surface area contributed by atoms with Crippen LogP contribution in [0, 0.1) is 9.06 Å². The minimum absolute atomic E-state index is 0.224. The minimum atomic E-state index is -0.235. The maximum absolute atomic E-state index is 13.8. The van der Waals surface area contributed by atoms with Crippen molar-refractivity contribution in [2.75, 3.05) is 10.6 Å². The molecule has 0 atom stereocenters. The number of rotatable bonds is 2. The third kappa shape index (κ3) is 3.37. The Labute approximate surface area is 211 Å². The van der Waals surface area contributed by atoms with E-state index in [4.69, 9.17) is 0 Å². The normalized spacial score (nSPS) is 12.5. The second-order valence-electron chi connectivity index (χ2n) is 8.57. The molecule has 4 aromatic carbocycles. The van der Waals surface area contributed by atoms with Crippen molar-refractivity contribution >= 4 is 87.6 Å². The van der Waals surface area contributed by atoms with Crippen LogP contribution in [0.3, 0.4) is 0 Å². The van der Waals surface area contributed by atoms with Crippen molar-refractivity contribution in [2.24, 2.45) is 0 Å². The lowest BCUT2D eigenvalue weighted by atomic mass is 10.0. The Hall–Kier alpha value is -4.14. The number of carbonyl (C=O) groups is 2. The molecule has 2 amide bonds. The smallest absolute Gasteiger partial charge is 0.221 e. The number of hydrogen-bond donors (Lipinski definition) is 2. The van der Waals surface area contributed by atoms with E-state index in [1.54, 1.807) is 12.1 Å². The van der Waals surface area contributed by atoms with Crippen LogP contribution in [0.4, 0.5) is 11.4 Å². The maximum Gasteiger partial charge on any atom is 0.221 e. The van der Waals surface area contributed by atoms with Gasteiger partial charge in [0.2, 0.25) is 22.7 Å². The Morgan fingerprint density at radius 2 is 1.03 bits per heavy atom. The summed E-state index contributed by atoms with van der Waals surface area (Å²) in [6.07, 6.45) is 0. The Morgan fingerprint density at radius 3 is 1.42 bits per heavy atom. The molecular formula is C28H18N2O4S2. The fraction of sp³-hybridized carbons (Fsp3) is 0.0714. The third-order valence-electron chi connectivity index (χ3n) is 6.13. The molecule has 2 heterocycles. The summed E-state index contributed by atoms with van der Waals surface area (Å²) < 4.78 is 2.08. The van der Waals surface area contributed by atoms with Gasteiger partial charge in [-0.25, -0.2) is 0 Å². The van der Waals surface area contributed by atoms with Crippen molar-refractivity contribution in [1.29, 1.82) is 0 Å². The van der Waals surface area contributed by atoms with Crippen LogP contribution in [0.5, 0.6) is 0 Å². The molecule has 0 spiro atoms. The third-order valence-corrected chi connectivity index (χ3v) is 8.71. The van der Waals surface area contributed by atoms with Crippen LogP contribution < -0.4 is 21.5 Å². The fourth-order valence-corrected chi connectivity index (χ4v) is 7.25. The molecule has 36 heavy (non-hydrogen) atoms. The minimum Gasteiger partial charge on any atom is -0.325 e. The maximum atomic E-state index is 13.8. The van der Waals surface area contributed by atoms with Crippen molar-refractivity contribution in [2.45, 2.75) is 13.8 Å². The molecule has 0 saturated carbocycles. The highest BCUT2D eigenvalue weighted by molar-refractivity contribution is 7.21. The van der Waals surface area contributed by atoms with E-state index in [0.29, 0.717) is 31.2 Å². The van der Waals surface area contributed by atoms with Crippen LogP contribution in [0.1, 0.15) is 13.8 Å². The number of hydrogen-bond acceptors (Lipinski definition) is 6. The van der Waals surface area contributed by atoms with Gasteiger partial charge in [0.05, 0.1) is 29.8 Å². The van der Waals surface area contributed by atoms with Gasteiger partial charge in [0.1, 0.15) is 0 Å². The Bertz CT molecular complexity index is 1960. The molecule has 6 nitrogen and oxygen atoms in total. The summed E-state index contributed by atoms with van der Waals surface area (Å²) in [5.41, 5.74) is 0.712. The number of carbonyl (C=O) groups excluding carboxylic acids is 2. The lowest BCUT2D eigenvalue weighted by Crippen LogP contribution is -2.11. The summed E-state index contributed by atoms with van der Waals surface area (Å²) in [5, 5.41) is 9.98. The van der Waals surface area contributed by atoms with E-state index in [2.05, 4.69) is 10.6 Å². The summed E-state index contributed by atoms with van der Waals surface area (Å²) >= 11 is 2.41. The van der Waals surface area contributed by atoms with E-state index in [1.165, 1.54) is 36.5 Å². The van der Waals surface area contributed by atoms with E-state index in [0.717, 1.165) is 30.9 Å². The first-order valence-corrected chi connectivity index (χ1v) is 12.8. The molecule has 2 N–H and O–H groups in total. The fourth-order valence-electron chi connectivity index (χ4n) is 4.70. The molecule has 6 rings (SSSR count). The van der Waals surface area contributed by atoms with E-state index in [1.807, 2.05) is 48.5 Å². The molecule has 0 aliphatic rings. The average Bonchev–Trinajstić information content (AvgIpc) is 2.85. The monoisotopic (exact) mass is 510 g/mol. The van der Waals surface area contributed by atoms with Gasteiger partial charge >= 0.3 is 0 Å². The zero-order valence-corrected chi connectivity index (χ0v) is 20.9. The second kappa shape index (κ2) is 8.22. The summed E-state index contributed by atoms with van der Waals surface area (Å²) in [4.78, 5) is 51.4. The zero-order valence-electron chi connectivity index (χ0n) is 19.2. The van der Waals surface area contributed by atoms with Gasteiger partial charge in [0, 0.05) is 35.4 Å². The first-order chi connectivity index (χ1) is 17.3. The van der Waals surface area contributed by atoms with Gasteiger partial charge in [0.25, 0.3) is 0 Å². The molecule has 2 aromatic heterocycles. The Balaban J connectivity index is 1.90. The number of benzene rings is 4. The summed E-state index contributed by atoms with van der Waals surface area (Å²) in [6, 6.07) is 18.3. The highest BCUT2D eigenvalue weighted by Gasteiger charge is 2.16. The van der Waals surface area contributed by atoms with Gasteiger partial charge in [-0.05, 0) is 22.9 Å². The van der Waals surface area contributed by atoms with E-state index in [9.17, 15) is 19.2 Å². The molecule has 0 radical (unpaired) electrons. The van der Waals surface area contributed by atoms with Crippen molar-refractivity contribution in [1.82, 2.24) is 0 Å². The van der Waals surface area contributed by atoms with Gasteiger partial charge in [-0.15, -0.1) is 22.7 Å². The van der Waals surface area contributed by atoms with Crippen LogP contribution in [0.25, 0.3) is 41.7 Å². The van der Waals surface area contributed by atoms with E-state index >= 15 is 0 Å². The van der Waals surface area contributed by atoms with Gasteiger partial charge in [-0.1, -0.05) is 48.5 Å². The van der Waals surface area contributed by atoms with E-state index < -0.39 is 0 Å². The van der Waals surface area contributed by atoms with Crippen LogP contribution in [-0.2, 0) is 9.59 Å². The highest BCUT2D eigenvalue weighted by Crippen LogP contribution is 2.36. The van der Waals surface area contributed by atoms with E-state index in [-0.39, 0.29) is 22.7 Å². The quantitative estimate of drug-likeness (QED) is 0.309. The van der Waals surface area contributed by atoms with Gasteiger partial charge < -0.3 is 10.6 Å². The van der Waals surface area contributed by atoms with Crippen LogP contribution in [0.15, 0.2) is 70.3 Å². The van der Waals surface area contributed by atoms with Crippen LogP contribution >= 0.6 is 22.7 Å². The molecular weight excluding hydrogens is 492 g/mol. The lowest BCUT2D eigenvalue weighted by molar-refractivity contribution is -0.115. The molecule has 6 aromatic rings. The van der Waals surface area contributed by atoms with Gasteiger partial charge in [0.15, 0.2) is 0 Å². The predicted octanol–water partition coefficient (Wildman–Crippen LogP) is 5.78. The molecule has 8 heteroatoms. The van der Waals surface area contributed by atoms with Crippen molar-refractivity contribution in [3.63, 3.8) is 0 Å². The SMILES string of the molecule is CC(=O)Nc1ccc2cccc3c(=O)/c(=c4/sc5c(NC(C)=O)ccc6cccc(c4=O)c65)sc1c23. The molecule has 0 fully saturated rings. The average molecular weight is 511 g/mol. The lowest BCUT2D eigenvalue weighted by Gasteiger charge is -2.11. The summed E-state index contributed by atoms with van der Waals surface area (Å²) in [6.45, 7) is 2.87. The Kier molecular flexibility index (Phi) is 5.10. The molecule has 0 saturated heterocycles. The number of anilines is 2. The topological polar surface area (TPSA) is 92.3 Å². The number of amides is 2. The summed E-state index contributed by atoms with van der Waals surface area (Å²) in [7, 11) is 0. The predicted molar refractivity (Wildman–Crippen MR) is 149 cm³/mol. The molecule has 0 unspecified atom stereocenters. The van der Waals surface area contributed by atoms with Crippen molar-refractivity contribution in [3.8, 4) is 0 Å². The van der Waals surface area contributed by atoms with Crippen molar-refractivity contribution in [3.05, 3.63) is 90.2 Å². The number of nitrogens with one attached hydrogen (secondary N) is 2. The summed E-state index contributed by atoms with van der Waals surface area (Å²) in [5.74, 6) is -0.447. The first-order valence-electron chi connectivity index (χ1n) is 11.2. The zero-order chi connectivity index (χ0) is 25.1. The molecule has 0 aliphatic heterocycles. The highest BCUT2D eigenvalue weighted by atomic mass is 32.1. The second-order valence-corrected chi connectivity index (χ2v) is 10.6. The molecule has 176 valence electrons. The molecule has 0 aliphatic carbocycles. The van der Waals surface area contributed by atoms with Crippen molar-refractivity contribution < 1.29 is 9.59 Å². The Morgan fingerprint density at radius 1 is 0.611 bits per heavy atom. The molecule has 0 bridgehead atoms.